The minimum atomic E-state index is -4.59. The zero-order chi connectivity index (χ0) is 9.90. The first-order chi connectivity index (χ1) is 6.01. The Labute approximate surface area is 74.2 Å². The third-order valence-corrected chi connectivity index (χ3v) is 1.62. The first-order valence-corrected chi connectivity index (χ1v) is 3.90. The molecule has 0 amide bonds. The second-order valence-corrected chi connectivity index (χ2v) is 2.63. The molecule has 0 saturated heterocycles. The summed E-state index contributed by atoms with van der Waals surface area (Å²) in [6.45, 7) is 1.87. The molecule has 0 aromatic rings. The van der Waals surface area contributed by atoms with Crippen LogP contribution < -0.4 is 0 Å². The molecule has 0 spiro atoms. The molecule has 0 bridgehead atoms. The Morgan fingerprint density at radius 3 is 2.77 bits per heavy atom. The molecule has 0 heterocycles. The lowest BCUT2D eigenvalue weighted by atomic mass is 10.1. The van der Waals surface area contributed by atoms with Gasteiger partial charge in [-0.2, -0.15) is 0 Å². The van der Waals surface area contributed by atoms with Crippen molar-refractivity contribution in [1.29, 1.82) is 0 Å². The standard InChI is InChI=1S/C9H9F3O/c1-2-7-4-3-5-8(6-7)13-9(10,11)12/h3,5H,2,6H2,1H3. The molecule has 0 aromatic carbocycles. The molecule has 1 nitrogen and oxygen atoms in total. The molecule has 0 radical (unpaired) electrons. The van der Waals surface area contributed by atoms with E-state index in [1.807, 2.05) is 6.92 Å². The zero-order valence-electron chi connectivity index (χ0n) is 7.11. The summed E-state index contributed by atoms with van der Waals surface area (Å²) in [6.07, 6.45) is -0.965. The van der Waals surface area contributed by atoms with Crippen LogP contribution in [0.1, 0.15) is 19.8 Å². The summed E-state index contributed by atoms with van der Waals surface area (Å²) >= 11 is 0. The third kappa shape index (κ3) is 3.38. The molecular formula is C9H9F3O. The SMILES string of the molecule is CCC1=C=CC=C(OC(F)(F)F)C1. The number of hydrogen-bond acceptors (Lipinski definition) is 1. The molecule has 1 aliphatic rings. The summed E-state index contributed by atoms with van der Waals surface area (Å²) in [5, 5.41) is 0. The molecular weight excluding hydrogens is 181 g/mol. The van der Waals surface area contributed by atoms with Gasteiger partial charge in [0.1, 0.15) is 5.76 Å². The van der Waals surface area contributed by atoms with E-state index in [0.717, 1.165) is 5.57 Å². The molecule has 0 unspecified atom stereocenters. The van der Waals surface area contributed by atoms with Gasteiger partial charge in [-0.05, 0) is 24.1 Å². The lowest BCUT2D eigenvalue weighted by Gasteiger charge is -2.13. The van der Waals surface area contributed by atoms with Crippen molar-refractivity contribution >= 4 is 0 Å². The van der Waals surface area contributed by atoms with Crippen molar-refractivity contribution in [3.05, 3.63) is 29.2 Å². The predicted molar refractivity (Wildman–Crippen MR) is 41.7 cm³/mol. The van der Waals surface area contributed by atoms with E-state index in [4.69, 9.17) is 0 Å². The summed E-state index contributed by atoms with van der Waals surface area (Å²) in [6, 6.07) is 0. The summed E-state index contributed by atoms with van der Waals surface area (Å²) < 4.78 is 39.1. The van der Waals surface area contributed by atoms with Gasteiger partial charge >= 0.3 is 6.36 Å². The van der Waals surface area contributed by atoms with Crippen LogP contribution in [0, 0.1) is 0 Å². The maximum Gasteiger partial charge on any atom is 0.572 e. The topological polar surface area (TPSA) is 9.23 Å². The second kappa shape index (κ2) is 3.71. The van der Waals surface area contributed by atoms with Gasteiger partial charge in [0.05, 0.1) is 0 Å². The molecule has 0 N–H and O–H groups in total. The van der Waals surface area contributed by atoms with E-state index in [0.29, 0.717) is 6.42 Å². The van der Waals surface area contributed by atoms with E-state index in [-0.39, 0.29) is 12.2 Å². The molecule has 0 aromatic heterocycles. The van der Waals surface area contributed by atoms with Crippen molar-refractivity contribution in [2.75, 3.05) is 0 Å². The van der Waals surface area contributed by atoms with Gasteiger partial charge in [0.2, 0.25) is 0 Å². The molecule has 0 fully saturated rings. The van der Waals surface area contributed by atoms with Gasteiger partial charge in [0.15, 0.2) is 0 Å². The Kier molecular flexibility index (Phi) is 2.83. The molecule has 1 rings (SSSR count). The Balaban J connectivity index is 2.59. The van der Waals surface area contributed by atoms with E-state index in [9.17, 15) is 13.2 Å². The summed E-state index contributed by atoms with van der Waals surface area (Å²) in [5.74, 6) is -0.0666. The van der Waals surface area contributed by atoms with Crippen molar-refractivity contribution in [3.63, 3.8) is 0 Å². The number of alkyl halides is 3. The minimum Gasteiger partial charge on any atom is -0.410 e. The highest BCUT2D eigenvalue weighted by molar-refractivity contribution is 5.22. The average Bonchev–Trinajstić information content (AvgIpc) is 2.01. The maximum atomic E-state index is 11.8. The van der Waals surface area contributed by atoms with Crippen molar-refractivity contribution in [2.24, 2.45) is 0 Å². The van der Waals surface area contributed by atoms with Gasteiger partial charge in [-0.25, -0.2) is 0 Å². The Bertz CT molecular complexity index is 280. The van der Waals surface area contributed by atoms with Crippen LogP contribution in [-0.2, 0) is 4.74 Å². The molecule has 0 aliphatic heterocycles. The Hall–Kier alpha value is -1.15. The van der Waals surface area contributed by atoms with Crippen molar-refractivity contribution in [1.82, 2.24) is 0 Å². The van der Waals surface area contributed by atoms with Crippen LogP contribution in [-0.4, -0.2) is 6.36 Å². The third-order valence-electron chi connectivity index (χ3n) is 1.62. The molecule has 0 atom stereocenters. The van der Waals surface area contributed by atoms with Crippen molar-refractivity contribution < 1.29 is 17.9 Å². The Morgan fingerprint density at radius 2 is 2.23 bits per heavy atom. The Morgan fingerprint density at radius 1 is 1.54 bits per heavy atom. The highest BCUT2D eigenvalue weighted by Gasteiger charge is 2.32. The number of hydrogen-bond donors (Lipinski definition) is 0. The minimum absolute atomic E-state index is 0.0666. The molecule has 0 saturated carbocycles. The first kappa shape index (κ1) is 9.93. The smallest absolute Gasteiger partial charge is 0.410 e. The largest absolute Gasteiger partial charge is 0.572 e. The fourth-order valence-corrected chi connectivity index (χ4v) is 1.02. The first-order valence-electron chi connectivity index (χ1n) is 3.90. The fourth-order valence-electron chi connectivity index (χ4n) is 1.02. The summed E-state index contributed by atoms with van der Waals surface area (Å²) in [4.78, 5) is 0. The van der Waals surface area contributed by atoms with Crippen molar-refractivity contribution in [3.8, 4) is 0 Å². The normalized spacial score (nSPS) is 16.6. The lowest BCUT2D eigenvalue weighted by Crippen LogP contribution is -2.13. The van der Waals surface area contributed by atoms with Crippen LogP contribution in [0.4, 0.5) is 13.2 Å². The molecule has 13 heavy (non-hydrogen) atoms. The van der Waals surface area contributed by atoms with Crippen LogP contribution in [0.2, 0.25) is 0 Å². The van der Waals surface area contributed by atoms with E-state index < -0.39 is 6.36 Å². The average molecular weight is 190 g/mol. The lowest BCUT2D eigenvalue weighted by molar-refractivity contribution is -0.306. The zero-order valence-corrected chi connectivity index (χ0v) is 7.11. The van der Waals surface area contributed by atoms with Gasteiger partial charge in [0.25, 0.3) is 0 Å². The van der Waals surface area contributed by atoms with Gasteiger partial charge < -0.3 is 4.74 Å². The van der Waals surface area contributed by atoms with Gasteiger partial charge in [-0.3, -0.25) is 0 Å². The van der Waals surface area contributed by atoms with Crippen LogP contribution in [0.15, 0.2) is 29.2 Å². The van der Waals surface area contributed by atoms with Gasteiger partial charge in [-0.15, -0.1) is 18.9 Å². The van der Waals surface area contributed by atoms with E-state index in [2.05, 4.69) is 10.5 Å². The van der Waals surface area contributed by atoms with Crippen LogP contribution >= 0.6 is 0 Å². The van der Waals surface area contributed by atoms with Gasteiger partial charge in [0, 0.05) is 6.42 Å². The maximum absolute atomic E-state index is 11.8. The van der Waals surface area contributed by atoms with E-state index in [1.54, 1.807) is 0 Å². The monoisotopic (exact) mass is 190 g/mol. The van der Waals surface area contributed by atoms with E-state index in [1.165, 1.54) is 12.2 Å². The van der Waals surface area contributed by atoms with Crippen LogP contribution in [0.3, 0.4) is 0 Å². The highest BCUT2D eigenvalue weighted by atomic mass is 19.4. The number of ether oxygens (including phenoxy) is 1. The second-order valence-electron chi connectivity index (χ2n) is 2.63. The van der Waals surface area contributed by atoms with Gasteiger partial charge in [-0.1, -0.05) is 6.92 Å². The molecule has 72 valence electrons. The summed E-state index contributed by atoms with van der Waals surface area (Å²) in [7, 11) is 0. The van der Waals surface area contributed by atoms with Crippen LogP contribution in [0.5, 0.6) is 0 Å². The molecule has 1 aliphatic carbocycles. The number of halogens is 3. The highest BCUT2D eigenvalue weighted by Crippen LogP contribution is 2.26. The van der Waals surface area contributed by atoms with E-state index >= 15 is 0 Å². The number of allylic oxidation sites excluding steroid dienone is 2. The quantitative estimate of drug-likeness (QED) is 0.607. The fraction of sp³-hybridized carbons (Fsp3) is 0.444. The predicted octanol–water partition coefficient (Wildman–Crippen LogP) is 3.30. The summed E-state index contributed by atoms with van der Waals surface area (Å²) in [5.41, 5.74) is 3.67. The number of rotatable bonds is 2. The van der Waals surface area contributed by atoms with Crippen LogP contribution in [0.25, 0.3) is 0 Å². The molecule has 4 heteroatoms. The van der Waals surface area contributed by atoms with Crippen molar-refractivity contribution in [2.45, 2.75) is 26.1 Å².